The predicted octanol–water partition coefficient (Wildman–Crippen LogP) is 6.00. The largest absolute Gasteiger partial charge is 0.506 e. The fourth-order valence-corrected chi connectivity index (χ4v) is 4.87. The number of esters is 1. The van der Waals surface area contributed by atoms with E-state index >= 15 is 0 Å². The second kappa shape index (κ2) is 13.3. The lowest BCUT2D eigenvalue weighted by molar-refractivity contribution is -0.129. The van der Waals surface area contributed by atoms with Crippen molar-refractivity contribution in [1.82, 2.24) is 0 Å². The Hall–Kier alpha value is -5.64. The van der Waals surface area contributed by atoms with E-state index in [1.165, 1.54) is 31.4 Å². The first-order chi connectivity index (χ1) is 21.3. The number of carbonyl (C=O) groups excluding carboxylic acids is 4. The molecule has 4 aromatic rings. The Bertz CT molecular complexity index is 1790. The Morgan fingerprint density at radius 2 is 1.27 bits per heavy atom. The highest BCUT2D eigenvalue weighted by Gasteiger charge is 2.26. The molecule has 0 heterocycles. The topological polar surface area (TPSA) is 151 Å². The summed E-state index contributed by atoms with van der Waals surface area (Å²) in [6.07, 6.45) is 0. The van der Waals surface area contributed by atoms with E-state index in [-0.39, 0.29) is 29.5 Å². The summed E-state index contributed by atoms with van der Waals surface area (Å²) in [6, 6.07) is 19.3. The number of hydrogen-bond donors (Lipinski definition) is 4. The van der Waals surface area contributed by atoms with Crippen LogP contribution in [0.3, 0.4) is 0 Å². The van der Waals surface area contributed by atoms with Crippen molar-refractivity contribution in [3.63, 3.8) is 0 Å². The number of rotatable bonds is 10. The van der Waals surface area contributed by atoms with Gasteiger partial charge in [0.15, 0.2) is 0 Å². The van der Waals surface area contributed by atoms with E-state index in [0.29, 0.717) is 28.7 Å². The molecule has 0 radical (unpaired) electrons. The summed E-state index contributed by atoms with van der Waals surface area (Å²) in [5.74, 6) is -1.67. The van der Waals surface area contributed by atoms with E-state index in [2.05, 4.69) is 10.6 Å². The minimum absolute atomic E-state index is 0.0988. The van der Waals surface area contributed by atoms with Gasteiger partial charge in [0.25, 0.3) is 18.3 Å². The normalized spacial score (nSPS) is 11.0. The molecule has 4 aromatic carbocycles. The number of anilines is 2. The van der Waals surface area contributed by atoms with Gasteiger partial charge in [-0.25, -0.2) is 4.79 Å². The van der Waals surface area contributed by atoms with Crippen LogP contribution >= 0.6 is 0 Å². The number of phenolic OH excluding ortho intramolecular Hbond substituents is 2. The van der Waals surface area contributed by atoms with Gasteiger partial charge in [-0.05, 0) is 96.3 Å². The molecule has 4 rings (SSSR count). The van der Waals surface area contributed by atoms with Crippen molar-refractivity contribution in [3.8, 4) is 11.5 Å². The zero-order valence-electron chi connectivity index (χ0n) is 25.6. The fraction of sp³-hybridized carbons (Fsp3) is 0.200. The van der Waals surface area contributed by atoms with Crippen LogP contribution < -0.4 is 10.6 Å². The van der Waals surface area contributed by atoms with Crippen molar-refractivity contribution in [1.29, 1.82) is 0 Å². The molecular weight excluding hydrogens is 576 g/mol. The van der Waals surface area contributed by atoms with Crippen LogP contribution in [-0.4, -0.2) is 41.6 Å². The summed E-state index contributed by atoms with van der Waals surface area (Å²) in [5, 5.41) is 26.6. The lowest BCUT2D eigenvalue weighted by Crippen LogP contribution is -2.21. The molecule has 0 unspecified atom stereocenters. The number of phenols is 2. The molecule has 0 aromatic heterocycles. The molecule has 0 spiro atoms. The number of carbonyl (C=O) groups is 4. The number of amides is 2. The maximum absolute atomic E-state index is 13.1. The van der Waals surface area contributed by atoms with Gasteiger partial charge < -0.3 is 30.3 Å². The lowest BCUT2D eigenvalue weighted by atomic mass is 9.77. The number of benzene rings is 4. The number of aromatic hydroxyl groups is 2. The van der Waals surface area contributed by atoms with Crippen molar-refractivity contribution in [2.75, 3.05) is 17.7 Å². The average Bonchev–Trinajstić information content (AvgIpc) is 3.01. The van der Waals surface area contributed by atoms with Crippen LogP contribution in [-0.2, 0) is 26.3 Å². The number of hydrogen-bond acceptors (Lipinski definition) is 8. The molecule has 232 valence electrons. The lowest BCUT2D eigenvalue weighted by Gasteiger charge is -2.28. The van der Waals surface area contributed by atoms with Crippen LogP contribution in [0.5, 0.6) is 11.5 Å². The molecule has 10 heteroatoms. The first-order valence-corrected chi connectivity index (χ1v) is 14.0. The third-order valence-electron chi connectivity index (χ3n) is 7.74. The highest BCUT2D eigenvalue weighted by molar-refractivity contribution is 6.06. The monoisotopic (exact) mass is 610 g/mol. The van der Waals surface area contributed by atoms with E-state index in [4.69, 9.17) is 9.47 Å². The SMILES string of the molecule is COC(=O)c1ccc(C(=O)Nc2cc(C(C)(C)c3ccc(O)c(NC(=O)c4ccc(COC=O)c(C)c4)c3)ccc2O)cc1C. The van der Waals surface area contributed by atoms with Crippen LogP contribution in [0.2, 0.25) is 0 Å². The molecule has 0 atom stereocenters. The zero-order chi connectivity index (χ0) is 32.9. The zero-order valence-corrected chi connectivity index (χ0v) is 25.6. The Labute approximate surface area is 260 Å². The first kappa shape index (κ1) is 32.3. The van der Waals surface area contributed by atoms with Crippen LogP contribution in [0.15, 0.2) is 72.8 Å². The Morgan fingerprint density at radius 3 is 1.73 bits per heavy atom. The first-order valence-electron chi connectivity index (χ1n) is 14.0. The van der Waals surface area contributed by atoms with Crippen LogP contribution in [0.4, 0.5) is 11.4 Å². The molecule has 0 saturated carbocycles. The maximum atomic E-state index is 13.1. The van der Waals surface area contributed by atoms with Crippen LogP contribution in [0.25, 0.3) is 0 Å². The van der Waals surface area contributed by atoms with Gasteiger partial charge in [-0.2, -0.15) is 0 Å². The van der Waals surface area contributed by atoms with Gasteiger partial charge in [0.2, 0.25) is 0 Å². The molecule has 4 N–H and O–H groups in total. The Kier molecular flexibility index (Phi) is 9.57. The highest BCUT2D eigenvalue weighted by atomic mass is 16.5. The summed E-state index contributed by atoms with van der Waals surface area (Å²) >= 11 is 0. The van der Waals surface area contributed by atoms with E-state index in [1.807, 2.05) is 13.8 Å². The molecule has 10 nitrogen and oxygen atoms in total. The van der Waals surface area contributed by atoms with Crippen molar-refractivity contribution in [3.05, 3.63) is 117 Å². The summed E-state index contributed by atoms with van der Waals surface area (Å²) in [4.78, 5) is 48.5. The summed E-state index contributed by atoms with van der Waals surface area (Å²) in [6.45, 7) is 7.82. The van der Waals surface area contributed by atoms with Gasteiger partial charge in [-0.3, -0.25) is 14.4 Å². The molecule has 0 saturated heterocycles. The molecule has 0 bridgehead atoms. The van der Waals surface area contributed by atoms with Crippen LogP contribution in [0, 0.1) is 13.8 Å². The third-order valence-corrected chi connectivity index (χ3v) is 7.74. The highest BCUT2D eigenvalue weighted by Crippen LogP contribution is 2.38. The van der Waals surface area contributed by atoms with Gasteiger partial charge in [0.1, 0.15) is 18.1 Å². The van der Waals surface area contributed by atoms with Crippen molar-refractivity contribution >= 4 is 35.6 Å². The Balaban J connectivity index is 1.56. The number of aryl methyl sites for hydroxylation is 2. The van der Waals surface area contributed by atoms with E-state index in [9.17, 15) is 29.4 Å². The summed E-state index contributed by atoms with van der Waals surface area (Å²) in [5.41, 5.74) is 4.27. The molecule has 0 aliphatic rings. The molecule has 0 fully saturated rings. The van der Waals surface area contributed by atoms with Gasteiger partial charge in [-0.1, -0.05) is 32.0 Å². The molecule has 0 aliphatic heterocycles. The minimum Gasteiger partial charge on any atom is -0.506 e. The minimum atomic E-state index is -0.698. The molecular formula is C35H34N2O8. The van der Waals surface area contributed by atoms with E-state index in [0.717, 1.165) is 22.3 Å². The quantitative estimate of drug-likeness (QED) is 0.0969. The van der Waals surface area contributed by atoms with E-state index in [1.54, 1.807) is 62.4 Å². The number of methoxy groups -OCH3 is 1. The molecule has 45 heavy (non-hydrogen) atoms. The van der Waals surface area contributed by atoms with Gasteiger partial charge in [0, 0.05) is 16.5 Å². The van der Waals surface area contributed by atoms with E-state index < -0.39 is 23.2 Å². The van der Waals surface area contributed by atoms with Crippen molar-refractivity contribution < 1.29 is 38.9 Å². The number of nitrogens with one attached hydrogen (secondary N) is 2. The van der Waals surface area contributed by atoms with Crippen molar-refractivity contribution in [2.45, 2.75) is 39.7 Å². The third kappa shape index (κ3) is 7.13. The fourth-order valence-electron chi connectivity index (χ4n) is 4.87. The standard InChI is InChI=1S/C35H34N2O8/c1-20-14-22(6-7-24(20)18-45-19-38)32(41)36-28-16-25(9-12-30(28)39)35(3,4)26-10-13-31(40)29(17-26)37-33(42)23-8-11-27(21(2)15-23)34(43)44-5/h6-17,19,39-40H,18H2,1-5H3,(H,36,41)(H,37,42). The van der Waals surface area contributed by atoms with Crippen molar-refractivity contribution in [2.24, 2.45) is 0 Å². The van der Waals surface area contributed by atoms with Gasteiger partial charge >= 0.3 is 5.97 Å². The Morgan fingerprint density at radius 1 is 0.756 bits per heavy atom. The predicted molar refractivity (Wildman–Crippen MR) is 169 cm³/mol. The van der Waals surface area contributed by atoms with Crippen LogP contribution in [0.1, 0.15) is 72.7 Å². The second-order valence-electron chi connectivity index (χ2n) is 11.1. The molecule has 0 aliphatic carbocycles. The van der Waals surface area contributed by atoms with Gasteiger partial charge in [0.05, 0.1) is 24.0 Å². The smallest absolute Gasteiger partial charge is 0.338 e. The maximum Gasteiger partial charge on any atom is 0.338 e. The second-order valence-corrected chi connectivity index (χ2v) is 11.1. The number of ether oxygens (including phenoxy) is 2. The summed E-state index contributed by atoms with van der Waals surface area (Å²) < 4.78 is 9.56. The van der Waals surface area contributed by atoms with Gasteiger partial charge in [-0.15, -0.1) is 0 Å². The molecule has 2 amide bonds. The summed E-state index contributed by atoms with van der Waals surface area (Å²) in [7, 11) is 1.28. The average molecular weight is 611 g/mol.